The fraction of sp³-hybridized carbons (Fsp3) is 0.385. The molecular weight excluding hydrogens is 564 g/mol. The van der Waals surface area contributed by atoms with Crippen molar-refractivity contribution >= 4 is 11.9 Å². The number of aryl methyl sites for hydroxylation is 3. The molecule has 240 valence electrons. The lowest BCUT2D eigenvalue weighted by molar-refractivity contribution is -0.139. The van der Waals surface area contributed by atoms with E-state index in [0.717, 1.165) is 41.5 Å². The van der Waals surface area contributed by atoms with Gasteiger partial charge < -0.3 is 19.3 Å². The fourth-order valence-electron chi connectivity index (χ4n) is 5.02. The Kier molecular flexibility index (Phi) is 14.6. The number of unbranched alkanes of at least 4 members (excludes halogenated alkanes) is 2. The Labute approximate surface area is 268 Å². The van der Waals surface area contributed by atoms with Crippen LogP contribution in [0.25, 0.3) is 11.1 Å². The van der Waals surface area contributed by atoms with Crippen LogP contribution in [0.2, 0.25) is 0 Å². The van der Waals surface area contributed by atoms with Crippen LogP contribution in [0.1, 0.15) is 67.9 Å². The molecule has 0 bridgehead atoms. The van der Waals surface area contributed by atoms with E-state index < -0.39 is 11.9 Å². The van der Waals surface area contributed by atoms with Gasteiger partial charge in [-0.05, 0) is 90.6 Å². The molecule has 0 saturated carbocycles. The quantitative estimate of drug-likeness (QED) is 0.0855. The monoisotopic (exact) mass is 612 g/mol. The minimum Gasteiger partial charge on any atom is -0.491 e. The highest BCUT2D eigenvalue weighted by atomic mass is 16.5. The molecular formula is C39H48O6. The van der Waals surface area contributed by atoms with Crippen molar-refractivity contribution in [2.45, 2.75) is 72.1 Å². The number of hydrogen-bond donors (Lipinski definition) is 1. The highest BCUT2D eigenvalue weighted by Gasteiger charge is 2.14. The second kappa shape index (κ2) is 18.6. The van der Waals surface area contributed by atoms with E-state index in [9.17, 15) is 14.7 Å². The molecule has 0 fully saturated rings. The number of rotatable bonds is 19. The Morgan fingerprint density at radius 2 is 1.24 bits per heavy atom. The van der Waals surface area contributed by atoms with Crippen molar-refractivity contribution in [3.63, 3.8) is 0 Å². The van der Waals surface area contributed by atoms with Crippen LogP contribution in [-0.4, -0.2) is 43.5 Å². The van der Waals surface area contributed by atoms with Gasteiger partial charge in [-0.3, -0.25) is 0 Å². The summed E-state index contributed by atoms with van der Waals surface area (Å²) in [6.45, 7) is 13.3. The minimum atomic E-state index is -0.436. The SMILES string of the molecule is C=C(C)C(=O)OCCc1cc(-c2ccc(CCc3ccc(CCCCC)cc3)cc2CCOC(=O)C(=C)C)ccc1OCCO. The zero-order valence-electron chi connectivity index (χ0n) is 27.2. The molecule has 0 saturated heterocycles. The lowest BCUT2D eigenvalue weighted by Crippen LogP contribution is -2.10. The molecule has 0 aliphatic carbocycles. The number of carbonyl (C=O) groups is 2. The van der Waals surface area contributed by atoms with E-state index in [1.807, 2.05) is 18.2 Å². The number of benzene rings is 3. The van der Waals surface area contributed by atoms with Gasteiger partial charge in [0, 0.05) is 24.0 Å². The van der Waals surface area contributed by atoms with Crippen LogP contribution in [0.3, 0.4) is 0 Å². The van der Waals surface area contributed by atoms with Gasteiger partial charge in [-0.25, -0.2) is 9.59 Å². The summed E-state index contributed by atoms with van der Waals surface area (Å²) in [4.78, 5) is 24.0. The molecule has 3 aromatic carbocycles. The first-order valence-electron chi connectivity index (χ1n) is 15.9. The molecule has 0 amide bonds. The molecule has 0 aliphatic rings. The van der Waals surface area contributed by atoms with Gasteiger partial charge in [0.25, 0.3) is 0 Å². The van der Waals surface area contributed by atoms with E-state index in [0.29, 0.717) is 29.7 Å². The van der Waals surface area contributed by atoms with E-state index in [-0.39, 0.29) is 26.4 Å². The second-order valence-electron chi connectivity index (χ2n) is 11.5. The number of aliphatic hydroxyl groups excluding tert-OH is 1. The lowest BCUT2D eigenvalue weighted by Gasteiger charge is -2.16. The number of esters is 2. The summed E-state index contributed by atoms with van der Waals surface area (Å²) < 4.78 is 16.6. The Morgan fingerprint density at radius 1 is 0.667 bits per heavy atom. The molecule has 0 aromatic heterocycles. The highest BCUT2D eigenvalue weighted by molar-refractivity contribution is 5.87. The predicted octanol–water partition coefficient (Wildman–Crippen LogP) is 7.57. The third-order valence-electron chi connectivity index (χ3n) is 7.59. The van der Waals surface area contributed by atoms with Gasteiger partial charge in [-0.15, -0.1) is 0 Å². The largest absolute Gasteiger partial charge is 0.491 e. The van der Waals surface area contributed by atoms with Crippen LogP contribution in [0.5, 0.6) is 5.75 Å². The number of aliphatic hydroxyl groups is 1. The highest BCUT2D eigenvalue weighted by Crippen LogP contribution is 2.31. The first-order chi connectivity index (χ1) is 21.7. The van der Waals surface area contributed by atoms with Crippen molar-refractivity contribution < 1.29 is 28.9 Å². The van der Waals surface area contributed by atoms with Gasteiger partial charge in [0.1, 0.15) is 12.4 Å². The average molecular weight is 613 g/mol. The first kappa shape index (κ1) is 35.3. The average Bonchev–Trinajstić information content (AvgIpc) is 3.03. The van der Waals surface area contributed by atoms with E-state index >= 15 is 0 Å². The van der Waals surface area contributed by atoms with E-state index in [2.05, 4.69) is 62.5 Å². The molecule has 0 unspecified atom stereocenters. The third-order valence-corrected chi connectivity index (χ3v) is 7.59. The maximum absolute atomic E-state index is 12.1. The van der Waals surface area contributed by atoms with Crippen LogP contribution >= 0.6 is 0 Å². The van der Waals surface area contributed by atoms with E-state index in [4.69, 9.17) is 14.2 Å². The number of ether oxygens (including phenoxy) is 3. The molecule has 6 heteroatoms. The summed E-state index contributed by atoms with van der Waals surface area (Å²) in [5.74, 6) is -0.207. The first-order valence-corrected chi connectivity index (χ1v) is 15.9. The Hall–Kier alpha value is -4.16. The minimum absolute atomic E-state index is 0.108. The van der Waals surface area contributed by atoms with E-state index in [1.54, 1.807) is 13.8 Å². The van der Waals surface area contributed by atoms with Gasteiger partial charge in [0.05, 0.1) is 19.8 Å². The predicted molar refractivity (Wildman–Crippen MR) is 180 cm³/mol. The third kappa shape index (κ3) is 11.7. The van der Waals surface area contributed by atoms with Crippen LogP contribution in [0, 0.1) is 0 Å². The van der Waals surface area contributed by atoms with Crippen LogP contribution in [0.15, 0.2) is 85.0 Å². The maximum Gasteiger partial charge on any atom is 0.333 e. The summed E-state index contributed by atoms with van der Waals surface area (Å²) in [7, 11) is 0. The zero-order chi connectivity index (χ0) is 32.6. The van der Waals surface area contributed by atoms with Gasteiger partial charge in [-0.1, -0.05) is 81.5 Å². The fourth-order valence-corrected chi connectivity index (χ4v) is 5.02. The Balaban J connectivity index is 1.84. The van der Waals surface area contributed by atoms with Gasteiger partial charge in [-0.2, -0.15) is 0 Å². The van der Waals surface area contributed by atoms with Crippen molar-refractivity contribution in [1.82, 2.24) is 0 Å². The molecule has 0 atom stereocenters. The topological polar surface area (TPSA) is 82.1 Å². The summed E-state index contributed by atoms with van der Waals surface area (Å²) in [5.41, 5.74) is 8.55. The maximum atomic E-state index is 12.1. The molecule has 3 rings (SSSR count). The molecule has 0 heterocycles. The molecule has 0 aliphatic heterocycles. The smallest absolute Gasteiger partial charge is 0.333 e. The molecule has 3 aromatic rings. The summed E-state index contributed by atoms with van der Waals surface area (Å²) in [6.07, 6.45) is 7.66. The van der Waals surface area contributed by atoms with Gasteiger partial charge >= 0.3 is 11.9 Å². The Morgan fingerprint density at radius 3 is 1.84 bits per heavy atom. The number of hydrogen-bond acceptors (Lipinski definition) is 6. The second-order valence-corrected chi connectivity index (χ2v) is 11.5. The zero-order valence-corrected chi connectivity index (χ0v) is 27.2. The molecule has 0 spiro atoms. The van der Waals surface area contributed by atoms with Crippen LogP contribution < -0.4 is 4.74 Å². The molecule has 0 radical (unpaired) electrons. The molecule has 45 heavy (non-hydrogen) atoms. The van der Waals surface area contributed by atoms with Crippen molar-refractivity contribution in [3.8, 4) is 16.9 Å². The van der Waals surface area contributed by atoms with Gasteiger partial charge in [0.15, 0.2) is 0 Å². The molecule has 6 nitrogen and oxygen atoms in total. The van der Waals surface area contributed by atoms with Crippen molar-refractivity contribution in [1.29, 1.82) is 0 Å². The molecule has 1 N–H and O–H groups in total. The van der Waals surface area contributed by atoms with Gasteiger partial charge in [0.2, 0.25) is 0 Å². The summed E-state index contributed by atoms with van der Waals surface area (Å²) in [6, 6.07) is 21.4. The van der Waals surface area contributed by atoms with Crippen LogP contribution in [-0.2, 0) is 51.2 Å². The summed E-state index contributed by atoms with van der Waals surface area (Å²) in [5, 5.41) is 9.30. The normalized spacial score (nSPS) is 10.8. The van der Waals surface area contributed by atoms with Crippen LogP contribution in [0.4, 0.5) is 0 Å². The number of carbonyl (C=O) groups excluding carboxylic acids is 2. The Bertz CT molecular complexity index is 1440. The van der Waals surface area contributed by atoms with Crippen molar-refractivity contribution in [3.05, 3.63) is 113 Å². The van der Waals surface area contributed by atoms with E-state index in [1.165, 1.54) is 36.0 Å². The summed E-state index contributed by atoms with van der Waals surface area (Å²) >= 11 is 0. The standard InChI is InChI=1S/C39H48O6/c1-6-7-8-9-30-10-12-31(13-11-30)14-15-32-16-18-36(34(26-32)20-23-44-38(41)28(2)3)33-17-19-37(43-25-22-40)35(27-33)21-24-45-39(42)29(4)5/h10-13,16-19,26-27,40H,2,4,6-9,14-15,20-25H2,1,3,5H3. The van der Waals surface area contributed by atoms with Crippen molar-refractivity contribution in [2.24, 2.45) is 0 Å². The lowest BCUT2D eigenvalue weighted by atomic mass is 9.92. The van der Waals surface area contributed by atoms with Crippen molar-refractivity contribution in [2.75, 3.05) is 26.4 Å².